The fraction of sp³-hybridized carbons (Fsp3) is 0.111. The Labute approximate surface area is 75.8 Å². The van der Waals surface area contributed by atoms with Gasteiger partial charge in [0.2, 0.25) is 0 Å². The van der Waals surface area contributed by atoms with Crippen LogP contribution in [0.5, 0.6) is 0 Å². The first-order valence-corrected chi connectivity index (χ1v) is 4.00. The summed E-state index contributed by atoms with van der Waals surface area (Å²) in [4.78, 5) is 0. The number of aryl methyl sites for hydroxylation is 1. The number of aromatic amines is 1. The highest BCUT2D eigenvalue weighted by atomic mass is 15.3. The molecule has 66 valence electrons. The predicted octanol–water partition coefficient (Wildman–Crippen LogP) is 1.36. The van der Waals surface area contributed by atoms with Gasteiger partial charge >= 0.3 is 0 Å². The van der Waals surface area contributed by atoms with E-state index in [9.17, 15) is 0 Å². The minimum absolute atomic E-state index is 0.434. The number of rotatable bonds is 1. The van der Waals surface area contributed by atoms with E-state index < -0.39 is 0 Å². The lowest BCUT2D eigenvalue weighted by Gasteiger charge is -1.97. The van der Waals surface area contributed by atoms with Gasteiger partial charge in [0.1, 0.15) is 5.69 Å². The SMILES string of the molecule is Cc1ccc(-c2n[nH]nc2N)cc1. The zero-order chi connectivity index (χ0) is 9.26. The van der Waals surface area contributed by atoms with E-state index in [1.807, 2.05) is 31.2 Å². The normalized spacial score (nSPS) is 10.2. The largest absolute Gasteiger partial charge is 0.380 e. The lowest BCUT2D eigenvalue weighted by Crippen LogP contribution is -1.88. The van der Waals surface area contributed by atoms with Gasteiger partial charge in [0.15, 0.2) is 5.82 Å². The Bertz CT molecular complexity index is 402. The maximum Gasteiger partial charge on any atom is 0.173 e. The summed E-state index contributed by atoms with van der Waals surface area (Å²) in [7, 11) is 0. The van der Waals surface area contributed by atoms with Gasteiger partial charge in [0, 0.05) is 5.56 Å². The third-order valence-corrected chi connectivity index (χ3v) is 1.90. The van der Waals surface area contributed by atoms with Crippen molar-refractivity contribution in [1.82, 2.24) is 15.4 Å². The molecular formula is C9H10N4. The summed E-state index contributed by atoms with van der Waals surface area (Å²) in [5.74, 6) is 0.434. The number of nitrogens with two attached hydrogens (primary N) is 1. The second-order valence-corrected chi connectivity index (χ2v) is 2.92. The Morgan fingerprint density at radius 2 is 1.85 bits per heavy atom. The Morgan fingerprint density at radius 1 is 1.15 bits per heavy atom. The standard InChI is InChI=1S/C9H10N4/c1-6-2-4-7(5-3-6)8-9(10)12-13-11-8/h2-5H,1H3,(H3,10,11,12,13). The van der Waals surface area contributed by atoms with Crippen LogP contribution in [0.1, 0.15) is 5.56 Å². The summed E-state index contributed by atoms with van der Waals surface area (Å²) >= 11 is 0. The molecule has 0 aliphatic carbocycles. The minimum atomic E-state index is 0.434. The zero-order valence-electron chi connectivity index (χ0n) is 7.28. The Kier molecular flexibility index (Phi) is 1.73. The first-order chi connectivity index (χ1) is 6.27. The van der Waals surface area contributed by atoms with Crippen molar-refractivity contribution >= 4 is 5.82 Å². The van der Waals surface area contributed by atoms with Gasteiger partial charge in [-0.25, -0.2) is 0 Å². The fourth-order valence-electron chi connectivity index (χ4n) is 1.16. The summed E-state index contributed by atoms with van der Waals surface area (Å²) < 4.78 is 0. The summed E-state index contributed by atoms with van der Waals surface area (Å²) in [6.07, 6.45) is 0. The lowest BCUT2D eigenvalue weighted by atomic mass is 10.1. The molecule has 0 aliphatic rings. The first kappa shape index (κ1) is 7.79. The summed E-state index contributed by atoms with van der Waals surface area (Å²) in [5, 5.41) is 10.2. The molecule has 3 N–H and O–H groups in total. The fourth-order valence-corrected chi connectivity index (χ4v) is 1.16. The number of aromatic nitrogens is 3. The average Bonchev–Trinajstić information content (AvgIpc) is 2.53. The predicted molar refractivity (Wildman–Crippen MR) is 51.0 cm³/mol. The molecule has 4 nitrogen and oxygen atoms in total. The van der Waals surface area contributed by atoms with Gasteiger partial charge in [-0.05, 0) is 6.92 Å². The molecule has 13 heavy (non-hydrogen) atoms. The van der Waals surface area contributed by atoms with Gasteiger partial charge in [-0.2, -0.15) is 10.3 Å². The van der Waals surface area contributed by atoms with E-state index in [0.717, 1.165) is 5.56 Å². The van der Waals surface area contributed by atoms with Gasteiger partial charge in [-0.15, -0.1) is 5.10 Å². The van der Waals surface area contributed by atoms with Crippen LogP contribution in [0.15, 0.2) is 24.3 Å². The maximum absolute atomic E-state index is 5.61. The topological polar surface area (TPSA) is 67.6 Å². The summed E-state index contributed by atoms with van der Waals surface area (Å²) in [6, 6.07) is 7.99. The molecule has 1 aromatic heterocycles. The van der Waals surface area contributed by atoms with Crippen molar-refractivity contribution in [2.45, 2.75) is 6.92 Å². The molecule has 1 heterocycles. The average molecular weight is 174 g/mol. The molecule has 0 radical (unpaired) electrons. The molecule has 0 spiro atoms. The van der Waals surface area contributed by atoms with Gasteiger partial charge in [-0.1, -0.05) is 29.8 Å². The number of nitrogens with zero attached hydrogens (tertiary/aromatic N) is 2. The van der Waals surface area contributed by atoms with E-state index in [4.69, 9.17) is 5.73 Å². The van der Waals surface area contributed by atoms with E-state index in [-0.39, 0.29) is 0 Å². The molecule has 2 aromatic rings. The maximum atomic E-state index is 5.61. The number of nitrogen functional groups attached to an aromatic ring is 1. The van der Waals surface area contributed by atoms with Crippen LogP contribution in [-0.4, -0.2) is 15.4 Å². The Balaban J connectivity index is 2.47. The first-order valence-electron chi connectivity index (χ1n) is 4.00. The molecule has 0 fully saturated rings. The summed E-state index contributed by atoms with van der Waals surface area (Å²) in [5.41, 5.74) is 8.51. The molecule has 0 saturated heterocycles. The van der Waals surface area contributed by atoms with Crippen molar-refractivity contribution in [2.24, 2.45) is 0 Å². The van der Waals surface area contributed by atoms with Crippen molar-refractivity contribution in [3.8, 4) is 11.3 Å². The van der Waals surface area contributed by atoms with Gasteiger partial charge in [0.25, 0.3) is 0 Å². The quantitative estimate of drug-likeness (QED) is 0.686. The van der Waals surface area contributed by atoms with Crippen molar-refractivity contribution in [3.05, 3.63) is 29.8 Å². The number of nitrogens with one attached hydrogen (secondary N) is 1. The Hall–Kier alpha value is -1.84. The van der Waals surface area contributed by atoms with Crippen molar-refractivity contribution < 1.29 is 0 Å². The van der Waals surface area contributed by atoms with Crippen LogP contribution in [0.25, 0.3) is 11.3 Å². The molecule has 0 aliphatic heterocycles. The molecule has 0 atom stereocenters. The van der Waals surface area contributed by atoms with Crippen LogP contribution in [-0.2, 0) is 0 Å². The highest BCUT2D eigenvalue weighted by molar-refractivity contribution is 5.69. The molecule has 0 amide bonds. The highest BCUT2D eigenvalue weighted by Crippen LogP contribution is 2.20. The molecule has 1 aromatic carbocycles. The van der Waals surface area contributed by atoms with Crippen LogP contribution < -0.4 is 5.73 Å². The van der Waals surface area contributed by atoms with Gasteiger partial charge in [-0.3, -0.25) is 0 Å². The second-order valence-electron chi connectivity index (χ2n) is 2.92. The number of hydrogen-bond acceptors (Lipinski definition) is 3. The lowest BCUT2D eigenvalue weighted by molar-refractivity contribution is 0.945. The molecule has 0 unspecified atom stereocenters. The number of benzene rings is 1. The number of hydrogen-bond donors (Lipinski definition) is 2. The van der Waals surface area contributed by atoms with Crippen molar-refractivity contribution in [3.63, 3.8) is 0 Å². The molecule has 4 heteroatoms. The Morgan fingerprint density at radius 3 is 2.38 bits per heavy atom. The van der Waals surface area contributed by atoms with Crippen molar-refractivity contribution in [2.75, 3.05) is 5.73 Å². The van der Waals surface area contributed by atoms with E-state index in [1.165, 1.54) is 5.56 Å². The highest BCUT2D eigenvalue weighted by Gasteiger charge is 2.05. The van der Waals surface area contributed by atoms with Gasteiger partial charge < -0.3 is 5.73 Å². The number of H-pyrrole nitrogens is 1. The van der Waals surface area contributed by atoms with Crippen LogP contribution in [0.3, 0.4) is 0 Å². The molecule has 0 bridgehead atoms. The third kappa shape index (κ3) is 1.38. The van der Waals surface area contributed by atoms with Crippen LogP contribution >= 0.6 is 0 Å². The van der Waals surface area contributed by atoms with Crippen LogP contribution in [0, 0.1) is 6.92 Å². The minimum Gasteiger partial charge on any atom is -0.380 e. The van der Waals surface area contributed by atoms with Crippen LogP contribution in [0.2, 0.25) is 0 Å². The van der Waals surface area contributed by atoms with E-state index in [0.29, 0.717) is 11.5 Å². The molecule has 0 saturated carbocycles. The molecular weight excluding hydrogens is 164 g/mol. The summed E-state index contributed by atoms with van der Waals surface area (Å²) in [6.45, 7) is 2.04. The second kappa shape index (κ2) is 2.90. The smallest absolute Gasteiger partial charge is 0.173 e. The monoisotopic (exact) mass is 174 g/mol. The van der Waals surface area contributed by atoms with Crippen LogP contribution in [0.4, 0.5) is 5.82 Å². The van der Waals surface area contributed by atoms with E-state index >= 15 is 0 Å². The van der Waals surface area contributed by atoms with Gasteiger partial charge in [0.05, 0.1) is 0 Å². The van der Waals surface area contributed by atoms with E-state index in [1.54, 1.807) is 0 Å². The number of anilines is 1. The zero-order valence-corrected chi connectivity index (χ0v) is 7.28. The van der Waals surface area contributed by atoms with Crippen molar-refractivity contribution in [1.29, 1.82) is 0 Å². The third-order valence-electron chi connectivity index (χ3n) is 1.90. The van der Waals surface area contributed by atoms with E-state index in [2.05, 4.69) is 15.4 Å². The molecule has 2 rings (SSSR count).